The Bertz CT molecular complexity index is 401. The van der Waals surface area contributed by atoms with Gasteiger partial charge in [0.25, 0.3) is 0 Å². The fourth-order valence-electron chi connectivity index (χ4n) is 1.61. The molecule has 0 atom stereocenters. The van der Waals surface area contributed by atoms with E-state index in [9.17, 15) is 8.78 Å². The largest absolute Gasteiger partial charge is 0.485 e. The third kappa shape index (κ3) is 2.56. The fraction of sp³-hybridized carbons (Fsp3) is 0.500. The Morgan fingerprint density at radius 1 is 1.24 bits per heavy atom. The average Bonchev–Trinajstić information content (AvgIpc) is 2.77. The molecule has 0 N–H and O–H groups in total. The SMILES string of the molecule is CC(C)Oc1c(F)ccc(C2OCCO2)c1F. The Morgan fingerprint density at radius 2 is 1.88 bits per heavy atom. The highest BCUT2D eigenvalue weighted by Crippen LogP contribution is 2.32. The van der Waals surface area contributed by atoms with Crippen molar-refractivity contribution >= 4 is 0 Å². The van der Waals surface area contributed by atoms with E-state index in [-0.39, 0.29) is 17.4 Å². The van der Waals surface area contributed by atoms with Crippen LogP contribution in [-0.2, 0) is 9.47 Å². The van der Waals surface area contributed by atoms with Gasteiger partial charge in [0, 0.05) is 5.56 Å². The van der Waals surface area contributed by atoms with E-state index < -0.39 is 17.9 Å². The second-order valence-electron chi connectivity index (χ2n) is 4.02. The maximum atomic E-state index is 14.0. The summed E-state index contributed by atoms with van der Waals surface area (Å²) in [5.41, 5.74) is 0.166. The third-order valence-electron chi connectivity index (χ3n) is 2.31. The van der Waals surface area contributed by atoms with Gasteiger partial charge in [0.2, 0.25) is 0 Å². The van der Waals surface area contributed by atoms with Gasteiger partial charge in [-0.15, -0.1) is 0 Å². The van der Waals surface area contributed by atoms with Crippen LogP contribution in [0, 0.1) is 11.6 Å². The molecule has 0 aromatic heterocycles. The second kappa shape index (κ2) is 4.98. The molecule has 3 nitrogen and oxygen atoms in total. The van der Waals surface area contributed by atoms with Gasteiger partial charge in [0.05, 0.1) is 19.3 Å². The van der Waals surface area contributed by atoms with Crippen molar-refractivity contribution in [2.24, 2.45) is 0 Å². The van der Waals surface area contributed by atoms with Crippen molar-refractivity contribution in [1.29, 1.82) is 0 Å². The molecule has 0 radical (unpaired) electrons. The molecule has 17 heavy (non-hydrogen) atoms. The van der Waals surface area contributed by atoms with Crippen LogP contribution >= 0.6 is 0 Å². The maximum Gasteiger partial charge on any atom is 0.191 e. The van der Waals surface area contributed by atoms with Crippen LogP contribution in [0.3, 0.4) is 0 Å². The van der Waals surface area contributed by atoms with Crippen LogP contribution in [0.5, 0.6) is 5.75 Å². The van der Waals surface area contributed by atoms with Crippen molar-refractivity contribution in [3.63, 3.8) is 0 Å². The van der Waals surface area contributed by atoms with E-state index >= 15 is 0 Å². The van der Waals surface area contributed by atoms with Crippen molar-refractivity contribution in [3.8, 4) is 5.75 Å². The highest BCUT2D eigenvalue weighted by Gasteiger charge is 2.26. The molecule has 2 rings (SSSR count). The quantitative estimate of drug-likeness (QED) is 0.818. The molecule has 94 valence electrons. The first-order valence-corrected chi connectivity index (χ1v) is 5.47. The minimum atomic E-state index is -0.773. The summed E-state index contributed by atoms with van der Waals surface area (Å²) in [7, 11) is 0. The summed E-state index contributed by atoms with van der Waals surface area (Å²) in [6.45, 7) is 4.21. The number of hydrogen-bond donors (Lipinski definition) is 0. The van der Waals surface area contributed by atoms with Crippen LogP contribution in [-0.4, -0.2) is 19.3 Å². The molecule has 1 aliphatic rings. The smallest absolute Gasteiger partial charge is 0.191 e. The zero-order valence-corrected chi connectivity index (χ0v) is 9.70. The molecule has 1 fully saturated rings. The molecular weight excluding hydrogens is 230 g/mol. The molecule has 1 aliphatic heterocycles. The molecule has 5 heteroatoms. The Hall–Kier alpha value is -1.20. The van der Waals surface area contributed by atoms with E-state index in [4.69, 9.17) is 14.2 Å². The van der Waals surface area contributed by atoms with Crippen molar-refractivity contribution in [2.45, 2.75) is 26.2 Å². The molecule has 0 bridgehead atoms. The van der Waals surface area contributed by atoms with Crippen molar-refractivity contribution in [1.82, 2.24) is 0 Å². The highest BCUT2D eigenvalue weighted by atomic mass is 19.1. The van der Waals surface area contributed by atoms with Crippen LogP contribution in [0.15, 0.2) is 12.1 Å². The molecule has 0 aliphatic carbocycles. The van der Waals surface area contributed by atoms with Crippen LogP contribution in [0.2, 0.25) is 0 Å². The van der Waals surface area contributed by atoms with Gasteiger partial charge in [0.15, 0.2) is 23.7 Å². The molecule has 0 unspecified atom stereocenters. The Labute approximate surface area is 98.3 Å². The van der Waals surface area contributed by atoms with Gasteiger partial charge in [-0.3, -0.25) is 0 Å². The number of rotatable bonds is 3. The number of halogens is 2. The van der Waals surface area contributed by atoms with Gasteiger partial charge in [-0.05, 0) is 26.0 Å². The van der Waals surface area contributed by atoms with Crippen LogP contribution in [0.4, 0.5) is 8.78 Å². The first-order chi connectivity index (χ1) is 8.09. The topological polar surface area (TPSA) is 27.7 Å². The van der Waals surface area contributed by atoms with Crippen molar-refractivity contribution in [3.05, 3.63) is 29.3 Å². The molecule has 0 spiro atoms. The van der Waals surface area contributed by atoms with Gasteiger partial charge >= 0.3 is 0 Å². The molecule has 1 aromatic carbocycles. The van der Waals surface area contributed by atoms with Crippen molar-refractivity contribution in [2.75, 3.05) is 13.2 Å². The van der Waals surface area contributed by atoms with E-state index in [1.807, 2.05) is 0 Å². The van der Waals surface area contributed by atoms with E-state index in [0.29, 0.717) is 13.2 Å². The Kier molecular flexibility index (Phi) is 3.59. The second-order valence-corrected chi connectivity index (χ2v) is 4.02. The maximum absolute atomic E-state index is 14.0. The first-order valence-electron chi connectivity index (χ1n) is 5.47. The van der Waals surface area contributed by atoms with Gasteiger partial charge in [-0.1, -0.05) is 0 Å². The van der Waals surface area contributed by atoms with E-state index in [2.05, 4.69) is 0 Å². The molecular formula is C12H14F2O3. The average molecular weight is 244 g/mol. The Morgan fingerprint density at radius 3 is 2.47 bits per heavy atom. The minimum absolute atomic E-state index is 0.166. The lowest BCUT2D eigenvalue weighted by Crippen LogP contribution is -2.11. The lowest BCUT2D eigenvalue weighted by atomic mass is 10.2. The summed E-state index contributed by atoms with van der Waals surface area (Å²) >= 11 is 0. The van der Waals surface area contributed by atoms with Crippen LogP contribution < -0.4 is 4.74 Å². The monoisotopic (exact) mass is 244 g/mol. The predicted molar refractivity (Wildman–Crippen MR) is 56.8 cm³/mol. The lowest BCUT2D eigenvalue weighted by molar-refractivity contribution is -0.0469. The van der Waals surface area contributed by atoms with Gasteiger partial charge in [-0.25, -0.2) is 8.78 Å². The standard InChI is InChI=1S/C12H14F2O3/c1-7(2)17-11-9(13)4-3-8(10(11)14)12-15-5-6-16-12/h3-4,7,12H,5-6H2,1-2H3. The molecule has 0 saturated carbocycles. The number of ether oxygens (including phenoxy) is 3. The van der Waals surface area contributed by atoms with Gasteiger partial charge in [-0.2, -0.15) is 0 Å². The van der Waals surface area contributed by atoms with Crippen LogP contribution in [0.25, 0.3) is 0 Å². The summed E-state index contributed by atoms with van der Waals surface area (Å²) in [6, 6.07) is 2.47. The summed E-state index contributed by atoms with van der Waals surface area (Å²) in [6.07, 6.45) is -1.08. The molecule has 1 heterocycles. The first kappa shape index (κ1) is 12.3. The highest BCUT2D eigenvalue weighted by molar-refractivity contribution is 5.33. The molecule has 0 amide bonds. The molecule has 1 saturated heterocycles. The Balaban J connectivity index is 2.34. The lowest BCUT2D eigenvalue weighted by Gasteiger charge is -2.16. The zero-order chi connectivity index (χ0) is 12.4. The minimum Gasteiger partial charge on any atom is -0.485 e. The summed E-state index contributed by atoms with van der Waals surface area (Å²) in [5, 5.41) is 0. The van der Waals surface area contributed by atoms with Gasteiger partial charge in [0.1, 0.15) is 0 Å². The van der Waals surface area contributed by atoms with Gasteiger partial charge < -0.3 is 14.2 Å². The predicted octanol–water partition coefficient (Wildman–Crippen LogP) is 2.80. The van der Waals surface area contributed by atoms with Crippen molar-refractivity contribution < 1.29 is 23.0 Å². The van der Waals surface area contributed by atoms with Crippen LogP contribution in [0.1, 0.15) is 25.7 Å². The zero-order valence-electron chi connectivity index (χ0n) is 9.70. The van der Waals surface area contributed by atoms with E-state index in [1.165, 1.54) is 6.07 Å². The number of benzene rings is 1. The number of hydrogen-bond acceptors (Lipinski definition) is 3. The van der Waals surface area contributed by atoms with E-state index in [0.717, 1.165) is 6.07 Å². The summed E-state index contributed by atoms with van der Waals surface area (Å²) < 4.78 is 42.9. The van der Waals surface area contributed by atoms with E-state index in [1.54, 1.807) is 13.8 Å². The molecule has 1 aromatic rings. The normalized spacial score (nSPS) is 16.8. The third-order valence-corrected chi connectivity index (χ3v) is 2.31. The fourth-order valence-corrected chi connectivity index (χ4v) is 1.61. The summed E-state index contributed by atoms with van der Waals surface area (Å²) in [4.78, 5) is 0. The summed E-state index contributed by atoms with van der Waals surface area (Å²) in [5.74, 6) is -1.86.